The van der Waals surface area contributed by atoms with E-state index in [1.807, 2.05) is 13.8 Å². The summed E-state index contributed by atoms with van der Waals surface area (Å²) in [5, 5.41) is 9.56. The summed E-state index contributed by atoms with van der Waals surface area (Å²) < 4.78 is 30.0. The van der Waals surface area contributed by atoms with Gasteiger partial charge in [-0.05, 0) is 44.4 Å². The Bertz CT molecular complexity index is 1330. The van der Waals surface area contributed by atoms with Crippen LogP contribution in [0.5, 0.6) is 0 Å². The molecule has 1 N–H and O–H groups in total. The van der Waals surface area contributed by atoms with Crippen molar-refractivity contribution in [1.29, 1.82) is 0 Å². The van der Waals surface area contributed by atoms with Crippen molar-refractivity contribution >= 4 is 22.9 Å². The van der Waals surface area contributed by atoms with E-state index in [9.17, 15) is 23.5 Å². The largest absolute Gasteiger partial charge is 0.465 e. The van der Waals surface area contributed by atoms with Gasteiger partial charge in [0.05, 0.1) is 16.8 Å². The van der Waals surface area contributed by atoms with Gasteiger partial charge in [0.25, 0.3) is 5.95 Å². The minimum Gasteiger partial charge on any atom is -0.465 e. The van der Waals surface area contributed by atoms with E-state index >= 15 is 0 Å². The first-order valence-corrected chi connectivity index (χ1v) is 11.0. The van der Waals surface area contributed by atoms with Crippen LogP contribution in [0.15, 0.2) is 23.1 Å². The average molecular weight is 472 g/mol. The van der Waals surface area contributed by atoms with Gasteiger partial charge in [0, 0.05) is 31.4 Å². The van der Waals surface area contributed by atoms with Crippen molar-refractivity contribution in [3.63, 3.8) is 0 Å². The number of hydrogen-bond donors (Lipinski definition) is 1. The molecule has 2 unspecified atom stereocenters. The Hall–Kier alpha value is -3.63. The van der Waals surface area contributed by atoms with Crippen molar-refractivity contribution < 1.29 is 18.7 Å². The van der Waals surface area contributed by atoms with E-state index < -0.39 is 23.5 Å². The highest BCUT2D eigenvalue weighted by Crippen LogP contribution is 2.32. The highest BCUT2D eigenvalue weighted by molar-refractivity contribution is 5.89. The fraction of sp³-hybridized carbons (Fsp3) is 0.435. The third kappa shape index (κ3) is 3.84. The predicted octanol–water partition coefficient (Wildman–Crippen LogP) is 3.46. The maximum atomic E-state index is 14.4. The molecule has 180 valence electrons. The van der Waals surface area contributed by atoms with Gasteiger partial charge in [0.15, 0.2) is 11.5 Å². The Morgan fingerprint density at radius 1 is 1.18 bits per heavy atom. The maximum absolute atomic E-state index is 14.4. The fourth-order valence-electron chi connectivity index (χ4n) is 4.66. The summed E-state index contributed by atoms with van der Waals surface area (Å²) in [6.07, 6.45) is 0.581. The molecule has 34 heavy (non-hydrogen) atoms. The molecule has 0 aliphatic carbocycles. The van der Waals surface area contributed by atoms with E-state index in [0.717, 1.165) is 6.07 Å². The van der Waals surface area contributed by atoms with Crippen LogP contribution in [-0.2, 0) is 0 Å². The van der Waals surface area contributed by atoms with Crippen LogP contribution < -0.4 is 10.6 Å². The molecule has 1 aliphatic heterocycles. The van der Waals surface area contributed by atoms with E-state index in [2.05, 4.69) is 15.0 Å². The van der Waals surface area contributed by atoms with Gasteiger partial charge in [0.1, 0.15) is 5.82 Å². The molecule has 0 aromatic carbocycles. The zero-order chi connectivity index (χ0) is 24.9. The number of aryl methyl sites for hydroxylation is 1. The highest BCUT2D eigenvalue weighted by atomic mass is 19.2. The number of carboxylic acid groups (broad SMARTS) is 1. The van der Waals surface area contributed by atoms with Gasteiger partial charge < -0.3 is 14.9 Å². The molecule has 0 radical (unpaired) electrons. The minimum absolute atomic E-state index is 0.0639. The van der Waals surface area contributed by atoms with Crippen LogP contribution in [0.4, 0.5) is 19.4 Å². The van der Waals surface area contributed by atoms with Crippen LogP contribution in [0.3, 0.4) is 0 Å². The number of amides is 1. The molecule has 0 spiro atoms. The average Bonchev–Trinajstić information content (AvgIpc) is 2.75. The lowest BCUT2D eigenvalue weighted by Gasteiger charge is -2.44. The molecule has 1 saturated heterocycles. The third-order valence-electron chi connectivity index (χ3n) is 6.12. The molecule has 9 nitrogen and oxygen atoms in total. The van der Waals surface area contributed by atoms with Crippen LogP contribution in [0.25, 0.3) is 16.7 Å². The molecule has 0 saturated carbocycles. The molecule has 1 amide bonds. The molecule has 4 rings (SSSR count). The number of halogens is 2. The summed E-state index contributed by atoms with van der Waals surface area (Å²) in [5.41, 5.74) is 0.953. The molecule has 4 heterocycles. The summed E-state index contributed by atoms with van der Waals surface area (Å²) in [4.78, 5) is 40.5. The first kappa shape index (κ1) is 23.5. The number of aromatic nitrogens is 4. The van der Waals surface area contributed by atoms with Crippen molar-refractivity contribution in [2.24, 2.45) is 0 Å². The van der Waals surface area contributed by atoms with E-state index in [-0.39, 0.29) is 47.9 Å². The lowest BCUT2D eigenvalue weighted by molar-refractivity contribution is 0.128. The SMILES string of the molecule is Cc1ccnc(C(C)C)c1-n1c(=O)nc(N2C(C)CN(C(=O)O)CC2C)c2cc(F)c(F)nc21. The predicted molar refractivity (Wildman–Crippen MR) is 123 cm³/mol. The third-order valence-corrected chi connectivity index (χ3v) is 6.12. The number of fused-ring (bicyclic) bond motifs is 1. The number of rotatable bonds is 3. The number of nitrogens with zero attached hydrogens (tertiary/aromatic N) is 6. The second-order valence-electron chi connectivity index (χ2n) is 8.99. The summed E-state index contributed by atoms with van der Waals surface area (Å²) >= 11 is 0. The van der Waals surface area contributed by atoms with E-state index in [1.54, 1.807) is 37.9 Å². The van der Waals surface area contributed by atoms with Gasteiger partial charge in [-0.2, -0.15) is 14.4 Å². The van der Waals surface area contributed by atoms with E-state index in [1.165, 1.54) is 9.47 Å². The van der Waals surface area contributed by atoms with Crippen LogP contribution in [0, 0.1) is 18.7 Å². The quantitative estimate of drug-likeness (QED) is 0.582. The van der Waals surface area contributed by atoms with Gasteiger partial charge in [-0.3, -0.25) is 4.98 Å². The van der Waals surface area contributed by atoms with E-state index in [0.29, 0.717) is 16.9 Å². The number of anilines is 1. The van der Waals surface area contributed by atoms with Gasteiger partial charge in [0.2, 0.25) is 0 Å². The molecular formula is C23H26F2N6O3. The smallest absolute Gasteiger partial charge is 0.407 e. The Kier molecular flexibility index (Phi) is 5.96. The molecule has 1 fully saturated rings. The topological polar surface area (TPSA) is 104 Å². The molecule has 1 aliphatic rings. The Morgan fingerprint density at radius 2 is 1.82 bits per heavy atom. The van der Waals surface area contributed by atoms with Gasteiger partial charge in [-0.15, -0.1) is 0 Å². The van der Waals surface area contributed by atoms with Gasteiger partial charge in [-0.1, -0.05) is 13.8 Å². The monoisotopic (exact) mass is 472 g/mol. The number of pyridine rings is 2. The second-order valence-corrected chi connectivity index (χ2v) is 8.99. The van der Waals surface area contributed by atoms with E-state index in [4.69, 9.17) is 0 Å². The van der Waals surface area contributed by atoms with Crippen LogP contribution in [-0.4, -0.2) is 60.8 Å². The maximum Gasteiger partial charge on any atom is 0.407 e. The summed E-state index contributed by atoms with van der Waals surface area (Å²) in [6, 6.07) is 1.97. The van der Waals surface area contributed by atoms with Crippen molar-refractivity contribution in [2.75, 3.05) is 18.0 Å². The zero-order valence-corrected chi connectivity index (χ0v) is 19.6. The molecule has 11 heteroatoms. The Morgan fingerprint density at radius 3 is 2.41 bits per heavy atom. The molecular weight excluding hydrogens is 446 g/mol. The van der Waals surface area contributed by atoms with Crippen LogP contribution in [0.1, 0.15) is 44.9 Å². The van der Waals surface area contributed by atoms with Gasteiger partial charge in [-0.25, -0.2) is 18.5 Å². The summed E-state index contributed by atoms with van der Waals surface area (Å²) in [7, 11) is 0. The lowest BCUT2D eigenvalue weighted by Crippen LogP contribution is -2.58. The van der Waals surface area contributed by atoms with Gasteiger partial charge >= 0.3 is 11.8 Å². The normalized spacial score (nSPS) is 18.7. The summed E-state index contributed by atoms with van der Waals surface area (Å²) in [5.74, 6) is -2.43. The second kappa shape index (κ2) is 8.62. The van der Waals surface area contributed by atoms with Crippen LogP contribution >= 0.6 is 0 Å². The standard InChI is InChI=1S/C23H26F2N6O3/c1-11(2)17-18(12(3)6-7-26-17)31-20-15(8-16(24)19(25)27-20)21(28-22(31)32)30-13(4)9-29(23(33)34)10-14(30)5/h6-8,11,13-14H,9-10H2,1-5H3,(H,33,34). The highest BCUT2D eigenvalue weighted by Gasteiger charge is 2.35. The first-order chi connectivity index (χ1) is 16.0. The van der Waals surface area contributed by atoms with Crippen molar-refractivity contribution in [1.82, 2.24) is 24.4 Å². The Labute approximate surface area is 194 Å². The van der Waals surface area contributed by atoms with Crippen molar-refractivity contribution in [3.05, 3.63) is 51.8 Å². The molecule has 0 bridgehead atoms. The number of carbonyl (C=O) groups is 1. The van der Waals surface area contributed by atoms with Crippen molar-refractivity contribution in [2.45, 2.75) is 52.6 Å². The summed E-state index contributed by atoms with van der Waals surface area (Å²) in [6.45, 7) is 9.55. The fourth-order valence-corrected chi connectivity index (χ4v) is 4.66. The first-order valence-electron chi connectivity index (χ1n) is 11.0. The minimum atomic E-state index is -1.33. The Balaban J connectivity index is 2.03. The number of piperazine rings is 1. The van der Waals surface area contributed by atoms with Crippen molar-refractivity contribution in [3.8, 4) is 5.69 Å². The molecule has 3 aromatic heterocycles. The van der Waals surface area contributed by atoms with Crippen LogP contribution in [0.2, 0.25) is 0 Å². The number of hydrogen-bond acceptors (Lipinski definition) is 6. The molecule has 3 aromatic rings. The zero-order valence-electron chi connectivity index (χ0n) is 19.6. The molecule has 2 atom stereocenters. The lowest BCUT2D eigenvalue weighted by atomic mass is 10.0.